The number of piperidine rings is 2. The van der Waals surface area contributed by atoms with Crippen LogP contribution in [0.2, 0.25) is 0 Å². The van der Waals surface area contributed by atoms with Crippen molar-refractivity contribution in [3.05, 3.63) is 24.2 Å². The van der Waals surface area contributed by atoms with Crippen molar-refractivity contribution in [2.75, 3.05) is 33.2 Å². The zero-order valence-corrected chi connectivity index (χ0v) is 13.3. The van der Waals surface area contributed by atoms with Crippen LogP contribution in [-0.4, -0.2) is 52.7 Å². The summed E-state index contributed by atoms with van der Waals surface area (Å²) in [5, 5.41) is 3.54. The number of nitrogens with one attached hydrogen (secondary N) is 1. The number of likely N-dealkylation sites (N-methyl/N-ethyl adjacent to an activating group) is 1. The van der Waals surface area contributed by atoms with Crippen LogP contribution in [0.5, 0.6) is 0 Å². The highest BCUT2D eigenvalue weighted by Crippen LogP contribution is 2.32. The number of hydrogen-bond donors (Lipinski definition) is 1. The van der Waals surface area contributed by atoms with Crippen LogP contribution >= 0.6 is 0 Å². The molecular formula is C17H25N5. The largest absolute Gasteiger partial charge is 0.315 e. The first-order chi connectivity index (χ1) is 10.8. The number of likely N-dealkylation sites (tertiary alicyclic amines) is 1. The van der Waals surface area contributed by atoms with Crippen LogP contribution < -0.4 is 5.32 Å². The molecule has 0 amide bonds. The molecule has 118 valence electrons. The van der Waals surface area contributed by atoms with Crippen molar-refractivity contribution in [2.24, 2.45) is 0 Å². The van der Waals surface area contributed by atoms with E-state index in [4.69, 9.17) is 4.98 Å². The zero-order chi connectivity index (χ0) is 14.9. The Hall–Kier alpha value is -1.46. The normalized spacial score (nSPS) is 27.3. The van der Waals surface area contributed by atoms with Crippen molar-refractivity contribution in [3.8, 4) is 0 Å². The highest BCUT2D eigenvalue weighted by Gasteiger charge is 2.28. The summed E-state index contributed by atoms with van der Waals surface area (Å²) in [5.74, 6) is 1.80. The van der Waals surface area contributed by atoms with Crippen LogP contribution in [0.1, 0.15) is 43.5 Å². The molecule has 2 unspecified atom stereocenters. The van der Waals surface area contributed by atoms with Gasteiger partial charge in [0.2, 0.25) is 0 Å². The molecule has 2 aromatic rings. The third-order valence-corrected chi connectivity index (χ3v) is 5.10. The summed E-state index contributed by atoms with van der Waals surface area (Å²) in [6, 6.07) is 4.59. The Morgan fingerprint density at radius 3 is 3.05 bits per heavy atom. The molecule has 0 spiro atoms. The fourth-order valence-electron chi connectivity index (χ4n) is 4.03. The van der Waals surface area contributed by atoms with Crippen LogP contribution in [0.15, 0.2) is 18.3 Å². The first-order valence-electron chi connectivity index (χ1n) is 8.55. The standard InChI is InChI=1S/C17H25N5/c1-21-10-4-5-13(12-21)16-20-15-7-3-9-19-17(15)22(16)14-6-2-8-18-11-14/h3,7,9,13-14,18H,2,4-6,8,10-12H2,1H3. The second kappa shape index (κ2) is 5.97. The number of hydrogen-bond acceptors (Lipinski definition) is 4. The van der Waals surface area contributed by atoms with Crippen LogP contribution in [0.25, 0.3) is 11.2 Å². The van der Waals surface area contributed by atoms with E-state index >= 15 is 0 Å². The van der Waals surface area contributed by atoms with Crippen molar-refractivity contribution in [2.45, 2.75) is 37.6 Å². The van der Waals surface area contributed by atoms with Crippen LogP contribution in [0.4, 0.5) is 0 Å². The zero-order valence-electron chi connectivity index (χ0n) is 13.3. The van der Waals surface area contributed by atoms with Gasteiger partial charge in [0.05, 0.1) is 0 Å². The van der Waals surface area contributed by atoms with Gasteiger partial charge in [-0.2, -0.15) is 0 Å². The fraction of sp³-hybridized carbons (Fsp3) is 0.647. The van der Waals surface area contributed by atoms with Gasteiger partial charge in [-0.25, -0.2) is 9.97 Å². The average molecular weight is 299 g/mol. The summed E-state index contributed by atoms with van der Waals surface area (Å²) >= 11 is 0. The molecule has 4 rings (SSSR count). The van der Waals surface area contributed by atoms with Crippen molar-refractivity contribution >= 4 is 11.2 Å². The molecule has 2 aliphatic heterocycles. The predicted molar refractivity (Wildman–Crippen MR) is 88.1 cm³/mol. The lowest BCUT2D eigenvalue weighted by Gasteiger charge is -2.32. The molecule has 2 atom stereocenters. The predicted octanol–water partition coefficient (Wildman–Crippen LogP) is 2.17. The quantitative estimate of drug-likeness (QED) is 0.923. The molecule has 22 heavy (non-hydrogen) atoms. The molecule has 2 saturated heterocycles. The van der Waals surface area contributed by atoms with E-state index in [-0.39, 0.29) is 0 Å². The van der Waals surface area contributed by atoms with Gasteiger partial charge in [0, 0.05) is 31.2 Å². The first-order valence-corrected chi connectivity index (χ1v) is 8.55. The van der Waals surface area contributed by atoms with E-state index in [9.17, 15) is 0 Å². The van der Waals surface area contributed by atoms with Gasteiger partial charge in [0.25, 0.3) is 0 Å². The summed E-state index contributed by atoms with van der Waals surface area (Å²) in [6.45, 7) is 4.50. The third-order valence-electron chi connectivity index (χ3n) is 5.10. The maximum absolute atomic E-state index is 4.99. The monoisotopic (exact) mass is 299 g/mol. The number of imidazole rings is 1. The summed E-state index contributed by atoms with van der Waals surface area (Å²) in [4.78, 5) is 12.1. The average Bonchev–Trinajstić information content (AvgIpc) is 2.95. The molecular weight excluding hydrogens is 274 g/mol. The maximum atomic E-state index is 4.99. The van der Waals surface area contributed by atoms with Gasteiger partial charge in [-0.15, -0.1) is 0 Å². The molecule has 0 aromatic carbocycles. The summed E-state index contributed by atoms with van der Waals surface area (Å²) < 4.78 is 2.45. The van der Waals surface area contributed by atoms with Gasteiger partial charge >= 0.3 is 0 Å². The van der Waals surface area contributed by atoms with Crippen molar-refractivity contribution < 1.29 is 0 Å². The second-order valence-corrected chi connectivity index (χ2v) is 6.79. The Labute approximate surface area is 131 Å². The highest BCUT2D eigenvalue weighted by atomic mass is 15.2. The Morgan fingerprint density at radius 1 is 1.27 bits per heavy atom. The Balaban J connectivity index is 1.78. The Morgan fingerprint density at radius 2 is 2.23 bits per heavy atom. The minimum absolute atomic E-state index is 0.496. The molecule has 2 aromatic heterocycles. The van der Waals surface area contributed by atoms with Crippen LogP contribution in [0, 0.1) is 0 Å². The number of rotatable bonds is 2. The van der Waals surface area contributed by atoms with Gasteiger partial charge in [-0.1, -0.05) is 0 Å². The number of fused-ring (bicyclic) bond motifs is 1. The molecule has 4 heterocycles. The Kier molecular flexibility index (Phi) is 3.84. The molecule has 5 nitrogen and oxygen atoms in total. The van der Waals surface area contributed by atoms with Crippen LogP contribution in [0.3, 0.4) is 0 Å². The molecule has 0 radical (unpaired) electrons. The lowest BCUT2D eigenvalue weighted by Crippen LogP contribution is -2.35. The van der Waals surface area contributed by atoms with Gasteiger partial charge in [-0.3, -0.25) is 0 Å². The van der Waals surface area contributed by atoms with Gasteiger partial charge in [0.1, 0.15) is 11.3 Å². The summed E-state index contributed by atoms with van der Waals surface area (Å²) in [5.41, 5.74) is 2.12. The minimum Gasteiger partial charge on any atom is -0.315 e. The SMILES string of the molecule is CN1CCCC(c2nc3cccnc3n2C2CCCNC2)C1. The third kappa shape index (κ3) is 2.52. The molecule has 5 heteroatoms. The lowest BCUT2D eigenvalue weighted by molar-refractivity contribution is 0.238. The second-order valence-electron chi connectivity index (χ2n) is 6.79. The van der Waals surface area contributed by atoms with E-state index in [0.29, 0.717) is 12.0 Å². The molecule has 2 fully saturated rings. The number of pyridine rings is 1. The van der Waals surface area contributed by atoms with E-state index < -0.39 is 0 Å². The fourth-order valence-corrected chi connectivity index (χ4v) is 4.03. The van der Waals surface area contributed by atoms with Gasteiger partial charge in [-0.05, 0) is 58.0 Å². The van der Waals surface area contributed by atoms with Gasteiger partial charge < -0.3 is 14.8 Å². The smallest absolute Gasteiger partial charge is 0.160 e. The van der Waals surface area contributed by atoms with E-state index in [0.717, 1.165) is 30.8 Å². The minimum atomic E-state index is 0.496. The van der Waals surface area contributed by atoms with Gasteiger partial charge in [0.15, 0.2) is 5.65 Å². The number of nitrogens with zero attached hydrogens (tertiary/aromatic N) is 4. The maximum Gasteiger partial charge on any atom is 0.160 e. The molecule has 0 saturated carbocycles. The lowest BCUT2D eigenvalue weighted by atomic mass is 9.96. The summed E-state index contributed by atoms with van der Waals surface area (Å²) in [7, 11) is 2.22. The molecule has 1 N–H and O–H groups in total. The molecule has 2 aliphatic rings. The Bertz CT molecular complexity index is 644. The van der Waals surface area contributed by atoms with E-state index in [1.165, 1.54) is 38.1 Å². The molecule has 0 aliphatic carbocycles. The topological polar surface area (TPSA) is 46.0 Å². The highest BCUT2D eigenvalue weighted by molar-refractivity contribution is 5.71. The van der Waals surface area contributed by atoms with Crippen molar-refractivity contribution in [1.82, 2.24) is 24.8 Å². The van der Waals surface area contributed by atoms with E-state index in [2.05, 4.69) is 32.9 Å². The van der Waals surface area contributed by atoms with Crippen LogP contribution in [-0.2, 0) is 0 Å². The van der Waals surface area contributed by atoms with E-state index in [1.807, 2.05) is 12.3 Å². The first kappa shape index (κ1) is 14.2. The molecule has 0 bridgehead atoms. The summed E-state index contributed by atoms with van der Waals surface area (Å²) in [6.07, 6.45) is 6.87. The number of aromatic nitrogens is 3. The van der Waals surface area contributed by atoms with Crippen molar-refractivity contribution in [3.63, 3.8) is 0 Å². The van der Waals surface area contributed by atoms with E-state index in [1.54, 1.807) is 0 Å². The van der Waals surface area contributed by atoms with Crippen molar-refractivity contribution in [1.29, 1.82) is 0 Å².